The quantitative estimate of drug-likeness (QED) is 0.456. The molecule has 0 atom stereocenters. The molecule has 2 rings (SSSR count). The van der Waals surface area contributed by atoms with Crippen molar-refractivity contribution in [2.75, 3.05) is 0 Å². The third kappa shape index (κ3) is 5.44. The highest BCUT2D eigenvalue weighted by molar-refractivity contribution is 5.36. The summed E-state index contributed by atoms with van der Waals surface area (Å²) in [6.45, 7) is 2.24. The Morgan fingerprint density at radius 2 is 1.82 bits per heavy atom. The second-order valence-electron chi connectivity index (χ2n) is 6.46. The average molecular weight is 304 g/mol. The molecule has 1 aliphatic carbocycles. The Kier molecular flexibility index (Phi) is 6.90. The Labute approximate surface area is 133 Å². The van der Waals surface area contributed by atoms with E-state index in [1.807, 2.05) is 0 Å². The van der Waals surface area contributed by atoms with Crippen LogP contribution in [0.5, 0.6) is 0 Å². The lowest BCUT2D eigenvalue weighted by atomic mass is 9.80. The second kappa shape index (κ2) is 8.93. The van der Waals surface area contributed by atoms with Gasteiger partial charge in [0.25, 0.3) is 0 Å². The zero-order valence-electron chi connectivity index (χ0n) is 13.5. The minimum atomic E-state index is -0.558. The molecule has 1 aliphatic rings. The molecule has 1 aromatic carbocycles. The van der Waals surface area contributed by atoms with Crippen LogP contribution in [-0.4, -0.2) is 0 Å². The zero-order chi connectivity index (χ0) is 15.8. The van der Waals surface area contributed by atoms with E-state index in [0.717, 1.165) is 24.8 Å². The fraction of sp³-hybridized carbons (Fsp3) is 0.600. The van der Waals surface area contributed by atoms with E-state index in [-0.39, 0.29) is 0 Å². The van der Waals surface area contributed by atoms with Crippen molar-refractivity contribution >= 4 is 0 Å². The van der Waals surface area contributed by atoms with E-state index >= 15 is 0 Å². The number of rotatable bonds is 5. The lowest BCUT2D eigenvalue weighted by molar-refractivity contribution is 0.294. The van der Waals surface area contributed by atoms with Crippen molar-refractivity contribution in [3.8, 4) is 11.8 Å². The highest BCUT2D eigenvalue weighted by Gasteiger charge is 2.19. The van der Waals surface area contributed by atoms with Crippen molar-refractivity contribution in [1.29, 1.82) is 0 Å². The molecule has 2 heteroatoms. The zero-order valence-corrected chi connectivity index (χ0v) is 13.5. The van der Waals surface area contributed by atoms with Gasteiger partial charge in [0.1, 0.15) is 11.6 Å². The fourth-order valence-electron chi connectivity index (χ4n) is 3.23. The molecule has 120 valence electrons. The van der Waals surface area contributed by atoms with Gasteiger partial charge in [-0.15, -0.1) is 0 Å². The van der Waals surface area contributed by atoms with Gasteiger partial charge in [-0.25, -0.2) is 8.78 Å². The number of hydrogen-bond acceptors (Lipinski definition) is 0. The number of halogens is 2. The highest BCUT2D eigenvalue weighted by atomic mass is 19.1. The molecule has 0 aliphatic heterocycles. The Bertz CT molecular complexity index is 516. The van der Waals surface area contributed by atoms with Crippen LogP contribution in [0.2, 0.25) is 0 Å². The van der Waals surface area contributed by atoms with Crippen molar-refractivity contribution in [2.24, 2.45) is 11.8 Å². The molecule has 0 saturated heterocycles. The second-order valence-corrected chi connectivity index (χ2v) is 6.46. The van der Waals surface area contributed by atoms with Crippen LogP contribution in [0, 0.1) is 35.3 Å². The van der Waals surface area contributed by atoms with Crippen LogP contribution >= 0.6 is 0 Å². The predicted molar refractivity (Wildman–Crippen MR) is 87.4 cm³/mol. The summed E-state index contributed by atoms with van der Waals surface area (Å²) in [5, 5.41) is 0. The third-order valence-corrected chi connectivity index (χ3v) is 4.65. The molecule has 0 nitrogen and oxygen atoms in total. The van der Waals surface area contributed by atoms with Crippen LogP contribution < -0.4 is 0 Å². The smallest absolute Gasteiger partial charge is 0.141 e. The molecule has 1 saturated carbocycles. The topological polar surface area (TPSA) is 0 Å². The van der Waals surface area contributed by atoms with Crippen molar-refractivity contribution in [3.05, 3.63) is 35.4 Å². The van der Waals surface area contributed by atoms with E-state index < -0.39 is 11.6 Å². The summed E-state index contributed by atoms with van der Waals surface area (Å²) < 4.78 is 26.4. The van der Waals surface area contributed by atoms with Crippen molar-refractivity contribution in [3.63, 3.8) is 0 Å². The normalized spacial score (nSPS) is 21.2. The first-order valence-electron chi connectivity index (χ1n) is 8.65. The maximum atomic E-state index is 13.5. The lowest BCUT2D eigenvalue weighted by Crippen LogP contribution is -2.13. The summed E-state index contributed by atoms with van der Waals surface area (Å²) >= 11 is 0. The van der Waals surface area contributed by atoms with Gasteiger partial charge in [-0.05, 0) is 43.7 Å². The SMILES string of the molecule is CCCCCCC1CCC(C#Cc2ccc(F)cc2F)CC1. The molecule has 0 unspecified atom stereocenters. The van der Waals surface area contributed by atoms with Gasteiger partial charge in [-0.3, -0.25) is 0 Å². The fourth-order valence-corrected chi connectivity index (χ4v) is 3.23. The van der Waals surface area contributed by atoms with E-state index in [4.69, 9.17) is 0 Å². The van der Waals surface area contributed by atoms with Gasteiger partial charge in [0.2, 0.25) is 0 Å². The standard InChI is InChI=1S/C20H26F2/c1-2-3-4-5-6-16-7-9-17(10-8-16)11-12-18-13-14-19(21)15-20(18)22/h13-17H,2-10H2,1H3. The summed E-state index contributed by atoms with van der Waals surface area (Å²) in [5.74, 6) is 6.20. The van der Waals surface area contributed by atoms with Crippen LogP contribution in [-0.2, 0) is 0 Å². The van der Waals surface area contributed by atoms with Crippen LogP contribution in [0.25, 0.3) is 0 Å². The van der Waals surface area contributed by atoms with Crippen molar-refractivity contribution in [2.45, 2.75) is 64.7 Å². The molecule has 1 fully saturated rings. The summed E-state index contributed by atoms with van der Waals surface area (Å²) in [6, 6.07) is 3.59. The van der Waals surface area contributed by atoms with Gasteiger partial charge in [0.15, 0.2) is 0 Å². The van der Waals surface area contributed by atoms with E-state index in [9.17, 15) is 8.78 Å². The first kappa shape index (κ1) is 17.0. The summed E-state index contributed by atoms with van der Waals surface area (Å²) in [7, 11) is 0. The van der Waals surface area contributed by atoms with Gasteiger partial charge in [0, 0.05) is 12.0 Å². The first-order valence-corrected chi connectivity index (χ1v) is 8.65. The predicted octanol–water partition coefficient (Wildman–Crippen LogP) is 6.09. The van der Waals surface area contributed by atoms with E-state index in [1.54, 1.807) is 0 Å². The first-order chi connectivity index (χ1) is 10.7. The number of benzene rings is 1. The molecule has 0 aromatic heterocycles. The minimum Gasteiger partial charge on any atom is -0.207 e. The lowest BCUT2D eigenvalue weighted by Gasteiger charge is -2.25. The van der Waals surface area contributed by atoms with Crippen molar-refractivity contribution < 1.29 is 8.78 Å². The summed E-state index contributed by atoms with van der Waals surface area (Å²) in [5.41, 5.74) is 0.308. The van der Waals surface area contributed by atoms with Gasteiger partial charge in [0.05, 0.1) is 5.56 Å². The molecule has 0 N–H and O–H groups in total. The molecule has 0 bridgehead atoms. The largest absolute Gasteiger partial charge is 0.207 e. The molecule has 0 amide bonds. The number of unbranched alkanes of at least 4 members (excludes halogenated alkanes) is 3. The van der Waals surface area contributed by atoms with Gasteiger partial charge >= 0.3 is 0 Å². The molecule has 22 heavy (non-hydrogen) atoms. The van der Waals surface area contributed by atoms with Crippen LogP contribution in [0.3, 0.4) is 0 Å². The van der Waals surface area contributed by atoms with E-state index in [1.165, 1.54) is 57.1 Å². The maximum Gasteiger partial charge on any atom is 0.141 e. The van der Waals surface area contributed by atoms with Crippen LogP contribution in [0.1, 0.15) is 70.3 Å². The molecule has 0 spiro atoms. The van der Waals surface area contributed by atoms with Crippen molar-refractivity contribution in [1.82, 2.24) is 0 Å². The summed E-state index contributed by atoms with van der Waals surface area (Å²) in [6.07, 6.45) is 11.5. The van der Waals surface area contributed by atoms with Gasteiger partial charge in [-0.2, -0.15) is 0 Å². The molecule has 0 heterocycles. The van der Waals surface area contributed by atoms with E-state index in [2.05, 4.69) is 18.8 Å². The summed E-state index contributed by atoms with van der Waals surface area (Å²) in [4.78, 5) is 0. The molecule has 0 radical (unpaired) electrons. The monoisotopic (exact) mass is 304 g/mol. The molecule has 1 aromatic rings. The number of hydrogen-bond donors (Lipinski definition) is 0. The van der Waals surface area contributed by atoms with Crippen LogP contribution in [0.15, 0.2) is 18.2 Å². The van der Waals surface area contributed by atoms with Crippen LogP contribution in [0.4, 0.5) is 8.78 Å². The van der Waals surface area contributed by atoms with Gasteiger partial charge < -0.3 is 0 Å². The average Bonchev–Trinajstić information content (AvgIpc) is 2.52. The Balaban J connectivity index is 1.77. The maximum absolute atomic E-state index is 13.5. The van der Waals surface area contributed by atoms with Gasteiger partial charge in [-0.1, -0.05) is 50.9 Å². The van der Waals surface area contributed by atoms with E-state index in [0.29, 0.717) is 11.5 Å². The minimum absolute atomic E-state index is 0.308. The Morgan fingerprint density at radius 3 is 2.50 bits per heavy atom. The molecular formula is C20H26F2. The molecular weight excluding hydrogens is 278 g/mol. The Hall–Kier alpha value is -1.36. The third-order valence-electron chi connectivity index (χ3n) is 4.65. The highest BCUT2D eigenvalue weighted by Crippen LogP contribution is 2.31. The Morgan fingerprint density at radius 1 is 1.05 bits per heavy atom.